The Labute approximate surface area is 135 Å². The Morgan fingerprint density at radius 1 is 1.17 bits per heavy atom. The lowest BCUT2D eigenvalue weighted by molar-refractivity contribution is 0.0596. The number of unbranched alkanes of at least 4 members (excludes halogenated alkanes) is 3. The van der Waals surface area contributed by atoms with Gasteiger partial charge < -0.3 is 19.3 Å². The predicted molar refractivity (Wildman–Crippen MR) is 85.1 cm³/mol. The largest absolute Gasteiger partial charge is 0.504 e. The van der Waals surface area contributed by atoms with E-state index in [-0.39, 0.29) is 22.7 Å². The molecule has 7 nitrogen and oxygen atoms in total. The van der Waals surface area contributed by atoms with Gasteiger partial charge in [0.05, 0.1) is 20.8 Å². The Morgan fingerprint density at radius 2 is 1.91 bits per heavy atom. The molecule has 0 unspecified atom stereocenters. The van der Waals surface area contributed by atoms with Gasteiger partial charge in [0, 0.05) is 11.8 Å². The van der Waals surface area contributed by atoms with Crippen LogP contribution in [0.25, 0.3) is 0 Å². The molecule has 1 aromatic carbocycles. The van der Waals surface area contributed by atoms with Crippen LogP contribution in [-0.2, 0) is 9.47 Å². The topological polar surface area (TPSA) is 94.1 Å². The van der Waals surface area contributed by atoms with Crippen molar-refractivity contribution in [2.45, 2.75) is 32.6 Å². The van der Waals surface area contributed by atoms with E-state index >= 15 is 0 Å². The van der Waals surface area contributed by atoms with Gasteiger partial charge in [-0.1, -0.05) is 26.2 Å². The number of anilines is 1. The molecule has 0 aromatic heterocycles. The summed E-state index contributed by atoms with van der Waals surface area (Å²) in [5, 5.41) is 12.4. The SMILES string of the molecule is CCCCCCOC(=O)Nc1cc(OC)c(O)c(C(=O)OC)c1. The summed E-state index contributed by atoms with van der Waals surface area (Å²) in [5.41, 5.74) is 0.156. The van der Waals surface area contributed by atoms with Crippen molar-refractivity contribution < 1.29 is 28.9 Å². The van der Waals surface area contributed by atoms with E-state index in [4.69, 9.17) is 9.47 Å². The maximum absolute atomic E-state index is 11.7. The van der Waals surface area contributed by atoms with Gasteiger partial charge in [-0.25, -0.2) is 9.59 Å². The molecule has 0 saturated heterocycles. The van der Waals surface area contributed by atoms with Gasteiger partial charge in [0.25, 0.3) is 0 Å². The molecule has 0 spiro atoms. The number of phenolic OH excluding ortho intramolecular Hbond substituents is 1. The summed E-state index contributed by atoms with van der Waals surface area (Å²) in [6, 6.07) is 2.68. The van der Waals surface area contributed by atoms with Gasteiger partial charge in [-0.15, -0.1) is 0 Å². The Bertz CT molecular complexity index is 544. The third-order valence-electron chi connectivity index (χ3n) is 3.18. The molecule has 23 heavy (non-hydrogen) atoms. The van der Waals surface area contributed by atoms with E-state index < -0.39 is 12.1 Å². The third kappa shape index (κ3) is 5.69. The quantitative estimate of drug-likeness (QED) is 0.432. The molecular weight excluding hydrogens is 302 g/mol. The highest BCUT2D eigenvalue weighted by molar-refractivity contribution is 5.96. The predicted octanol–water partition coefficient (Wildman–Crippen LogP) is 3.32. The van der Waals surface area contributed by atoms with Crippen molar-refractivity contribution in [3.63, 3.8) is 0 Å². The smallest absolute Gasteiger partial charge is 0.411 e. The number of rotatable bonds is 8. The highest BCUT2D eigenvalue weighted by Gasteiger charge is 2.18. The summed E-state index contributed by atoms with van der Waals surface area (Å²) in [4.78, 5) is 23.4. The average molecular weight is 325 g/mol. The summed E-state index contributed by atoms with van der Waals surface area (Å²) < 4.78 is 14.6. The fraction of sp³-hybridized carbons (Fsp3) is 0.500. The van der Waals surface area contributed by atoms with Crippen LogP contribution in [0.2, 0.25) is 0 Å². The molecule has 7 heteroatoms. The van der Waals surface area contributed by atoms with Gasteiger partial charge in [0.15, 0.2) is 11.5 Å². The van der Waals surface area contributed by atoms with Crippen LogP contribution in [0.1, 0.15) is 43.0 Å². The monoisotopic (exact) mass is 325 g/mol. The van der Waals surface area contributed by atoms with E-state index in [1.807, 2.05) is 0 Å². The number of aromatic hydroxyl groups is 1. The van der Waals surface area contributed by atoms with E-state index in [1.54, 1.807) is 0 Å². The number of amides is 1. The summed E-state index contributed by atoms with van der Waals surface area (Å²) in [6.07, 6.45) is 3.38. The third-order valence-corrected chi connectivity index (χ3v) is 3.18. The molecule has 0 saturated carbocycles. The molecule has 1 aromatic rings. The van der Waals surface area contributed by atoms with Crippen LogP contribution in [0.5, 0.6) is 11.5 Å². The number of carbonyl (C=O) groups excluding carboxylic acids is 2. The lowest BCUT2D eigenvalue weighted by Crippen LogP contribution is -2.15. The Morgan fingerprint density at radius 3 is 2.52 bits per heavy atom. The maximum Gasteiger partial charge on any atom is 0.411 e. The Kier molecular flexibility index (Phi) is 7.73. The molecule has 0 aliphatic carbocycles. The number of phenols is 1. The standard InChI is InChI=1S/C16H23NO6/c1-4-5-6-7-8-23-16(20)17-11-9-12(15(19)22-3)14(18)13(10-11)21-2/h9-10,18H,4-8H2,1-3H3,(H,17,20). The molecule has 128 valence electrons. The van der Waals surface area contributed by atoms with E-state index in [0.717, 1.165) is 25.7 Å². The number of nitrogens with one attached hydrogen (secondary N) is 1. The number of hydrogen-bond donors (Lipinski definition) is 2. The minimum atomic E-state index is -0.739. The van der Waals surface area contributed by atoms with Crippen LogP contribution in [0, 0.1) is 0 Å². The maximum atomic E-state index is 11.7. The second kappa shape index (κ2) is 9.55. The first-order valence-corrected chi connectivity index (χ1v) is 7.46. The molecule has 1 rings (SSSR count). The van der Waals surface area contributed by atoms with Crippen molar-refractivity contribution in [3.8, 4) is 11.5 Å². The molecule has 2 N–H and O–H groups in total. The number of hydrogen-bond acceptors (Lipinski definition) is 6. The summed E-state index contributed by atoms with van der Waals surface area (Å²) in [6.45, 7) is 2.43. The molecule has 0 bridgehead atoms. The lowest BCUT2D eigenvalue weighted by atomic mass is 10.1. The van der Waals surface area contributed by atoms with E-state index in [0.29, 0.717) is 6.61 Å². The van der Waals surface area contributed by atoms with Crippen LogP contribution < -0.4 is 10.1 Å². The van der Waals surface area contributed by atoms with Gasteiger partial charge >= 0.3 is 12.1 Å². The molecule has 0 aliphatic rings. The first kappa shape index (κ1) is 18.6. The van der Waals surface area contributed by atoms with Gasteiger partial charge in [-0.3, -0.25) is 5.32 Å². The van der Waals surface area contributed by atoms with E-state index in [1.165, 1.54) is 26.4 Å². The van der Waals surface area contributed by atoms with Crippen molar-refractivity contribution >= 4 is 17.7 Å². The molecule has 0 fully saturated rings. The highest BCUT2D eigenvalue weighted by Crippen LogP contribution is 2.34. The summed E-state index contributed by atoms with van der Waals surface area (Å²) >= 11 is 0. The second-order valence-corrected chi connectivity index (χ2v) is 4.89. The van der Waals surface area contributed by atoms with E-state index in [9.17, 15) is 14.7 Å². The minimum Gasteiger partial charge on any atom is -0.504 e. The van der Waals surface area contributed by atoms with Crippen LogP contribution in [-0.4, -0.2) is 38.0 Å². The highest BCUT2D eigenvalue weighted by atomic mass is 16.5. The number of esters is 1. The molecule has 0 radical (unpaired) electrons. The molecule has 0 aliphatic heterocycles. The van der Waals surface area contributed by atoms with Crippen LogP contribution in [0.3, 0.4) is 0 Å². The van der Waals surface area contributed by atoms with Gasteiger partial charge in [-0.2, -0.15) is 0 Å². The van der Waals surface area contributed by atoms with Crippen LogP contribution in [0.15, 0.2) is 12.1 Å². The van der Waals surface area contributed by atoms with Gasteiger partial charge in [-0.05, 0) is 12.5 Å². The Balaban J connectivity index is 2.72. The van der Waals surface area contributed by atoms with Crippen molar-refractivity contribution in [3.05, 3.63) is 17.7 Å². The van der Waals surface area contributed by atoms with Crippen molar-refractivity contribution in [2.24, 2.45) is 0 Å². The summed E-state index contributed by atoms with van der Waals surface area (Å²) in [5.74, 6) is -1.04. The molecule has 0 atom stereocenters. The fourth-order valence-corrected chi connectivity index (χ4v) is 1.95. The Hall–Kier alpha value is -2.44. The second-order valence-electron chi connectivity index (χ2n) is 4.89. The fourth-order valence-electron chi connectivity index (χ4n) is 1.95. The number of benzene rings is 1. The van der Waals surface area contributed by atoms with Crippen molar-refractivity contribution in [1.82, 2.24) is 0 Å². The zero-order valence-corrected chi connectivity index (χ0v) is 13.7. The average Bonchev–Trinajstić information content (AvgIpc) is 2.55. The number of methoxy groups -OCH3 is 2. The lowest BCUT2D eigenvalue weighted by Gasteiger charge is -2.12. The molecule has 1 amide bonds. The van der Waals surface area contributed by atoms with Crippen LogP contribution in [0.4, 0.5) is 10.5 Å². The van der Waals surface area contributed by atoms with Crippen molar-refractivity contribution in [2.75, 3.05) is 26.1 Å². The van der Waals surface area contributed by atoms with E-state index in [2.05, 4.69) is 17.0 Å². The zero-order chi connectivity index (χ0) is 17.2. The van der Waals surface area contributed by atoms with Gasteiger partial charge in [0.2, 0.25) is 0 Å². The summed E-state index contributed by atoms with van der Waals surface area (Å²) in [7, 11) is 2.53. The first-order valence-electron chi connectivity index (χ1n) is 7.46. The van der Waals surface area contributed by atoms with Crippen molar-refractivity contribution in [1.29, 1.82) is 0 Å². The normalized spacial score (nSPS) is 10.0. The molecular formula is C16H23NO6. The van der Waals surface area contributed by atoms with Gasteiger partial charge in [0.1, 0.15) is 5.56 Å². The van der Waals surface area contributed by atoms with Crippen LogP contribution >= 0.6 is 0 Å². The minimum absolute atomic E-state index is 0.0474. The first-order chi connectivity index (χ1) is 11.0. The zero-order valence-electron chi connectivity index (χ0n) is 13.7. The number of carbonyl (C=O) groups is 2. The number of ether oxygens (including phenoxy) is 3. The molecule has 0 heterocycles.